The molecule has 0 saturated carbocycles. The highest BCUT2D eigenvalue weighted by Crippen LogP contribution is 2.27. The second-order valence-electron chi connectivity index (χ2n) is 3.09. The van der Waals surface area contributed by atoms with Crippen molar-refractivity contribution in [3.8, 4) is 0 Å². The van der Waals surface area contributed by atoms with Crippen LogP contribution in [0.1, 0.15) is 26.7 Å². The molecule has 0 aromatic rings. The second-order valence-corrected chi connectivity index (χ2v) is 3.09. The summed E-state index contributed by atoms with van der Waals surface area (Å²) in [7, 11) is 0. The van der Waals surface area contributed by atoms with Gasteiger partial charge in [0.1, 0.15) is 0 Å². The maximum absolute atomic E-state index is 3.36. The third kappa shape index (κ3) is 1.03. The lowest BCUT2D eigenvalue weighted by Crippen LogP contribution is -2.18. The van der Waals surface area contributed by atoms with E-state index in [9.17, 15) is 0 Å². The SMILES string of the molecule is CC[C@@]1(C)CCNC1. The van der Waals surface area contributed by atoms with Gasteiger partial charge in [0.05, 0.1) is 0 Å². The van der Waals surface area contributed by atoms with Gasteiger partial charge in [-0.2, -0.15) is 0 Å². The quantitative estimate of drug-likeness (QED) is 0.542. The molecule has 0 aromatic heterocycles. The molecule has 1 aliphatic heterocycles. The second kappa shape index (κ2) is 2.06. The Morgan fingerprint density at radius 3 is 2.62 bits per heavy atom. The van der Waals surface area contributed by atoms with E-state index in [2.05, 4.69) is 19.2 Å². The van der Waals surface area contributed by atoms with Gasteiger partial charge in [-0.1, -0.05) is 13.8 Å². The molecule has 1 saturated heterocycles. The predicted molar refractivity (Wildman–Crippen MR) is 35.9 cm³/mol. The van der Waals surface area contributed by atoms with E-state index in [-0.39, 0.29) is 0 Å². The van der Waals surface area contributed by atoms with Crippen LogP contribution in [-0.2, 0) is 0 Å². The molecule has 1 atom stereocenters. The summed E-state index contributed by atoms with van der Waals surface area (Å²) in [6, 6.07) is 0. The van der Waals surface area contributed by atoms with Crippen molar-refractivity contribution in [1.82, 2.24) is 5.32 Å². The van der Waals surface area contributed by atoms with Crippen LogP contribution in [0, 0.1) is 5.41 Å². The molecule has 0 spiro atoms. The molecular weight excluding hydrogens is 98.1 g/mol. The van der Waals surface area contributed by atoms with Crippen LogP contribution in [-0.4, -0.2) is 13.1 Å². The molecule has 1 heteroatoms. The minimum atomic E-state index is 0.625. The summed E-state index contributed by atoms with van der Waals surface area (Å²) in [4.78, 5) is 0. The van der Waals surface area contributed by atoms with Crippen molar-refractivity contribution in [3.63, 3.8) is 0 Å². The van der Waals surface area contributed by atoms with Crippen molar-refractivity contribution >= 4 is 0 Å². The van der Waals surface area contributed by atoms with Crippen LogP contribution in [0.4, 0.5) is 0 Å². The fourth-order valence-corrected chi connectivity index (χ4v) is 1.17. The Hall–Kier alpha value is -0.0400. The summed E-state index contributed by atoms with van der Waals surface area (Å²) in [5, 5.41) is 3.36. The van der Waals surface area contributed by atoms with Crippen LogP contribution in [0.25, 0.3) is 0 Å². The zero-order valence-electron chi connectivity index (χ0n) is 5.83. The van der Waals surface area contributed by atoms with E-state index < -0.39 is 0 Å². The van der Waals surface area contributed by atoms with Crippen molar-refractivity contribution < 1.29 is 0 Å². The van der Waals surface area contributed by atoms with Crippen LogP contribution >= 0.6 is 0 Å². The van der Waals surface area contributed by atoms with E-state index >= 15 is 0 Å². The summed E-state index contributed by atoms with van der Waals surface area (Å²) in [6.45, 7) is 7.08. The van der Waals surface area contributed by atoms with Crippen LogP contribution in [0.2, 0.25) is 0 Å². The van der Waals surface area contributed by atoms with Gasteiger partial charge in [-0.05, 0) is 24.8 Å². The zero-order chi connectivity index (χ0) is 6.04. The topological polar surface area (TPSA) is 12.0 Å². The molecular formula is C7H15N. The third-order valence-corrected chi connectivity index (χ3v) is 2.31. The number of rotatable bonds is 1. The Kier molecular flexibility index (Phi) is 1.57. The first-order valence-corrected chi connectivity index (χ1v) is 3.47. The smallest absolute Gasteiger partial charge is 0.000554 e. The molecule has 0 aromatic carbocycles. The number of nitrogens with one attached hydrogen (secondary N) is 1. The average Bonchev–Trinajstić information content (AvgIpc) is 2.17. The van der Waals surface area contributed by atoms with E-state index in [4.69, 9.17) is 0 Å². The van der Waals surface area contributed by atoms with Gasteiger partial charge in [0.25, 0.3) is 0 Å². The van der Waals surface area contributed by atoms with Gasteiger partial charge in [-0.25, -0.2) is 0 Å². The molecule has 0 bridgehead atoms. The first-order valence-electron chi connectivity index (χ1n) is 3.47. The number of hydrogen-bond donors (Lipinski definition) is 1. The highest BCUT2D eigenvalue weighted by Gasteiger charge is 2.25. The van der Waals surface area contributed by atoms with Crippen LogP contribution in [0.5, 0.6) is 0 Å². The van der Waals surface area contributed by atoms with Crippen LogP contribution < -0.4 is 5.32 Å². The molecule has 1 N–H and O–H groups in total. The Morgan fingerprint density at radius 1 is 1.62 bits per heavy atom. The van der Waals surface area contributed by atoms with E-state index in [1.807, 2.05) is 0 Å². The largest absolute Gasteiger partial charge is 0.316 e. The summed E-state index contributed by atoms with van der Waals surface area (Å²) in [5.41, 5.74) is 0.625. The molecule has 1 rings (SSSR count). The third-order valence-electron chi connectivity index (χ3n) is 2.31. The van der Waals surface area contributed by atoms with E-state index in [1.165, 1.54) is 25.9 Å². The maximum Gasteiger partial charge on any atom is 0.000554 e. The van der Waals surface area contributed by atoms with Gasteiger partial charge in [0.2, 0.25) is 0 Å². The normalized spacial score (nSPS) is 38.2. The molecule has 0 amide bonds. The Morgan fingerprint density at radius 2 is 2.38 bits per heavy atom. The predicted octanol–water partition coefficient (Wildman–Crippen LogP) is 1.40. The van der Waals surface area contributed by atoms with Gasteiger partial charge >= 0.3 is 0 Å². The fourth-order valence-electron chi connectivity index (χ4n) is 1.17. The first kappa shape index (κ1) is 6.09. The molecule has 1 fully saturated rings. The van der Waals surface area contributed by atoms with Crippen molar-refractivity contribution in [2.75, 3.05) is 13.1 Å². The highest BCUT2D eigenvalue weighted by atomic mass is 14.9. The first-order chi connectivity index (χ1) is 3.77. The summed E-state index contributed by atoms with van der Waals surface area (Å²) < 4.78 is 0. The van der Waals surface area contributed by atoms with Crippen molar-refractivity contribution in [2.24, 2.45) is 5.41 Å². The van der Waals surface area contributed by atoms with Crippen molar-refractivity contribution in [1.29, 1.82) is 0 Å². The molecule has 1 heterocycles. The fraction of sp³-hybridized carbons (Fsp3) is 1.00. The molecule has 8 heavy (non-hydrogen) atoms. The Labute approximate surface area is 51.5 Å². The molecule has 0 aliphatic carbocycles. The van der Waals surface area contributed by atoms with Crippen molar-refractivity contribution in [3.05, 3.63) is 0 Å². The molecule has 1 nitrogen and oxygen atoms in total. The van der Waals surface area contributed by atoms with E-state index in [0.717, 1.165) is 0 Å². The summed E-state index contributed by atoms with van der Waals surface area (Å²) >= 11 is 0. The molecule has 48 valence electrons. The van der Waals surface area contributed by atoms with Gasteiger partial charge in [0, 0.05) is 6.54 Å². The van der Waals surface area contributed by atoms with Gasteiger partial charge in [-0.15, -0.1) is 0 Å². The lowest BCUT2D eigenvalue weighted by atomic mass is 9.87. The monoisotopic (exact) mass is 113 g/mol. The van der Waals surface area contributed by atoms with Gasteiger partial charge < -0.3 is 5.32 Å². The molecule has 0 unspecified atom stereocenters. The Balaban J connectivity index is 2.40. The minimum Gasteiger partial charge on any atom is -0.316 e. The average molecular weight is 113 g/mol. The minimum absolute atomic E-state index is 0.625. The van der Waals surface area contributed by atoms with E-state index in [0.29, 0.717) is 5.41 Å². The summed E-state index contributed by atoms with van der Waals surface area (Å²) in [5.74, 6) is 0. The number of hydrogen-bond acceptors (Lipinski definition) is 1. The lowest BCUT2D eigenvalue weighted by Gasteiger charge is -2.18. The van der Waals surface area contributed by atoms with Crippen LogP contribution in [0.15, 0.2) is 0 Å². The summed E-state index contributed by atoms with van der Waals surface area (Å²) in [6.07, 6.45) is 2.68. The molecule has 0 radical (unpaired) electrons. The zero-order valence-corrected chi connectivity index (χ0v) is 5.83. The van der Waals surface area contributed by atoms with E-state index in [1.54, 1.807) is 0 Å². The Bertz CT molecular complexity index is 72.5. The van der Waals surface area contributed by atoms with Crippen molar-refractivity contribution in [2.45, 2.75) is 26.7 Å². The van der Waals surface area contributed by atoms with Gasteiger partial charge in [0.15, 0.2) is 0 Å². The highest BCUT2D eigenvalue weighted by molar-refractivity contribution is 4.81. The van der Waals surface area contributed by atoms with Crippen LogP contribution in [0.3, 0.4) is 0 Å². The standard InChI is InChI=1S/C7H15N/c1-3-7(2)4-5-8-6-7/h8H,3-6H2,1-2H3/t7-/m0/s1. The maximum atomic E-state index is 3.36. The molecule has 1 aliphatic rings. The van der Waals surface area contributed by atoms with Gasteiger partial charge in [-0.3, -0.25) is 0 Å². The lowest BCUT2D eigenvalue weighted by molar-refractivity contribution is 0.351.